The molecule has 0 aliphatic heterocycles. The molecule has 88 valence electrons. The van der Waals surface area contributed by atoms with E-state index in [1.54, 1.807) is 0 Å². The van der Waals surface area contributed by atoms with Gasteiger partial charge in [0.2, 0.25) is 0 Å². The van der Waals surface area contributed by atoms with Crippen LogP contribution in [0, 0.1) is 11.7 Å². The highest BCUT2D eigenvalue weighted by Crippen LogP contribution is 2.20. The minimum absolute atomic E-state index is 0.283. The summed E-state index contributed by atoms with van der Waals surface area (Å²) in [5.74, 6) is -0.0909. The van der Waals surface area contributed by atoms with E-state index in [0.717, 1.165) is 0 Å². The van der Waals surface area contributed by atoms with Crippen molar-refractivity contribution in [2.45, 2.75) is 13.8 Å². The molecular formula is C11H13BrFNO2. The molecular weight excluding hydrogens is 277 g/mol. The highest BCUT2D eigenvalue weighted by atomic mass is 79.9. The van der Waals surface area contributed by atoms with Crippen LogP contribution in [0.3, 0.4) is 0 Å². The Morgan fingerprint density at radius 3 is 2.81 bits per heavy atom. The third-order valence-corrected chi connectivity index (χ3v) is 2.32. The molecule has 1 aromatic rings. The van der Waals surface area contributed by atoms with Crippen LogP contribution in [-0.4, -0.2) is 12.7 Å². The number of rotatable bonds is 3. The predicted octanol–water partition coefficient (Wildman–Crippen LogP) is 3.79. The van der Waals surface area contributed by atoms with E-state index in [1.807, 2.05) is 13.8 Å². The number of carbonyl (C=O) groups is 1. The third kappa shape index (κ3) is 4.18. The van der Waals surface area contributed by atoms with Crippen molar-refractivity contribution in [3.8, 4) is 0 Å². The SMILES string of the molecule is CC(C)COC(=O)Nc1ccc(F)c(Br)c1. The van der Waals surface area contributed by atoms with E-state index in [2.05, 4.69) is 21.2 Å². The van der Waals surface area contributed by atoms with Gasteiger partial charge in [-0.05, 0) is 40.0 Å². The van der Waals surface area contributed by atoms with Crippen LogP contribution in [0.5, 0.6) is 0 Å². The fourth-order valence-corrected chi connectivity index (χ4v) is 1.35. The summed E-state index contributed by atoms with van der Waals surface area (Å²) in [7, 11) is 0. The number of hydrogen-bond acceptors (Lipinski definition) is 2. The van der Waals surface area contributed by atoms with Crippen LogP contribution >= 0.6 is 15.9 Å². The first-order chi connectivity index (χ1) is 7.49. The van der Waals surface area contributed by atoms with Crippen LogP contribution in [-0.2, 0) is 4.74 Å². The molecule has 16 heavy (non-hydrogen) atoms. The van der Waals surface area contributed by atoms with Crippen molar-refractivity contribution in [3.63, 3.8) is 0 Å². The van der Waals surface area contributed by atoms with E-state index >= 15 is 0 Å². The molecule has 0 spiro atoms. The van der Waals surface area contributed by atoms with E-state index in [1.165, 1.54) is 18.2 Å². The maximum Gasteiger partial charge on any atom is 0.411 e. The topological polar surface area (TPSA) is 38.3 Å². The van der Waals surface area contributed by atoms with Gasteiger partial charge >= 0.3 is 6.09 Å². The normalized spacial score (nSPS) is 10.3. The summed E-state index contributed by atoms with van der Waals surface area (Å²) >= 11 is 3.03. The molecule has 0 unspecified atom stereocenters. The molecule has 3 nitrogen and oxygen atoms in total. The molecule has 0 heterocycles. The highest BCUT2D eigenvalue weighted by Gasteiger charge is 2.06. The van der Waals surface area contributed by atoms with Crippen molar-refractivity contribution in [1.29, 1.82) is 0 Å². The number of ether oxygens (including phenoxy) is 1. The standard InChI is InChI=1S/C11H13BrFNO2/c1-7(2)6-16-11(15)14-8-3-4-10(13)9(12)5-8/h3-5,7H,6H2,1-2H3,(H,14,15). The zero-order valence-corrected chi connectivity index (χ0v) is 10.7. The number of nitrogens with one attached hydrogen (secondary N) is 1. The third-order valence-electron chi connectivity index (χ3n) is 1.71. The van der Waals surface area contributed by atoms with Crippen molar-refractivity contribution < 1.29 is 13.9 Å². The van der Waals surface area contributed by atoms with E-state index in [9.17, 15) is 9.18 Å². The molecule has 0 aliphatic carbocycles. The zero-order valence-electron chi connectivity index (χ0n) is 9.09. The average Bonchev–Trinajstić information content (AvgIpc) is 2.21. The maximum absolute atomic E-state index is 12.9. The molecule has 0 aromatic heterocycles. The molecule has 0 aliphatic rings. The van der Waals surface area contributed by atoms with Gasteiger partial charge in [0.15, 0.2) is 0 Å². The Morgan fingerprint density at radius 1 is 1.56 bits per heavy atom. The van der Waals surface area contributed by atoms with E-state index < -0.39 is 6.09 Å². The van der Waals surface area contributed by atoms with Crippen LogP contribution in [0.25, 0.3) is 0 Å². The summed E-state index contributed by atoms with van der Waals surface area (Å²) in [6.07, 6.45) is -0.535. The van der Waals surface area contributed by atoms with Crippen molar-refractivity contribution in [1.82, 2.24) is 0 Å². The lowest BCUT2D eigenvalue weighted by molar-refractivity contribution is 0.147. The van der Waals surface area contributed by atoms with Gasteiger partial charge in [-0.15, -0.1) is 0 Å². The summed E-state index contributed by atoms with van der Waals surface area (Å²) in [6, 6.07) is 4.21. The molecule has 1 rings (SSSR count). The Bertz CT molecular complexity index is 382. The van der Waals surface area contributed by atoms with Crippen LogP contribution in [0.1, 0.15) is 13.8 Å². The van der Waals surface area contributed by atoms with Gasteiger partial charge in [0, 0.05) is 5.69 Å². The smallest absolute Gasteiger partial charge is 0.411 e. The van der Waals surface area contributed by atoms with Crippen molar-refractivity contribution in [2.75, 3.05) is 11.9 Å². The summed E-state index contributed by atoms with van der Waals surface area (Å²) in [4.78, 5) is 11.3. The summed E-state index contributed by atoms with van der Waals surface area (Å²) in [5, 5.41) is 2.51. The number of benzene rings is 1. The van der Waals surface area contributed by atoms with Crippen LogP contribution < -0.4 is 5.32 Å². The quantitative estimate of drug-likeness (QED) is 0.919. The second kappa shape index (κ2) is 5.84. The van der Waals surface area contributed by atoms with Crippen LogP contribution in [0.2, 0.25) is 0 Å². The molecule has 5 heteroatoms. The van der Waals surface area contributed by atoms with Crippen molar-refractivity contribution in [3.05, 3.63) is 28.5 Å². The summed E-state index contributed by atoms with van der Waals surface area (Å²) < 4.78 is 18.1. The van der Waals surface area contributed by atoms with E-state index in [4.69, 9.17) is 4.74 Å². The largest absolute Gasteiger partial charge is 0.449 e. The van der Waals surface area contributed by atoms with Crippen LogP contribution in [0.15, 0.2) is 22.7 Å². The lowest BCUT2D eigenvalue weighted by atomic mass is 10.2. The number of anilines is 1. The van der Waals surface area contributed by atoms with Gasteiger partial charge in [-0.2, -0.15) is 0 Å². The van der Waals surface area contributed by atoms with Gasteiger partial charge < -0.3 is 4.74 Å². The Labute approximate surface area is 102 Å². The first-order valence-electron chi connectivity index (χ1n) is 4.88. The molecule has 1 N–H and O–H groups in total. The molecule has 1 amide bonds. The minimum Gasteiger partial charge on any atom is -0.449 e. The molecule has 1 aromatic carbocycles. The fourth-order valence-electron chi connectivity index (χ4n) is 0.970. The predicted molar refractivity (Wildman–Crippen MR) is 63.9 cm³/mol. The average molecular weight is 290 g/mol. The second-order valence-electron chi connectivity index (χ2n) is 3.75. The number of halogens is 2. The summed E-state index contributed by atoms with van der Waals surface area (Å²) in [5.41, 5.74) is 0.488. The lowest BCUT2D eigenvalue weighted by Gasteiger charge is -2.09. The Balaban J connectivity index is 2.53. The Hall–Kier alpha value is -1.10. The fraction of sp³-hybridized carbons (Fsp3) is 0.364. The van der Waals surface area contributed by atoms with Gasteiger partial charge in [-0.1, -0.05) is 13.8 Å². The van der Waals surface area contributed by atoms with E-state index in [0.29, 0.717) is 16.8 Å². The van der Waals surface area contributed by atoms with Gasteiger partial charge in [-0.25, -0.2) is 9.18 Å². The first-order valence-corrected chi connectivity index (χ1v) is 5.67. The van der Waals surface area contributed by atoms with Gasteiger partial charge in [0.05, 0.1) is 11.1 Å². The minimum atomic E-state index is -0.535. The zero-order chi connectivity index (χ0) is 12.1. The molecule has 0 atom stereocenters. The first kappa shape index (κ1) is 13.0. The number of hydrogen-bond donors (Lipinski definition) is 1. The molecule has 0 fully saturated rings. The molecule has 0 saturated heterocycles. The van der Waals surface area contributed by atoms with Gasteiger partial charge in [-0.3, -0.25) is 5.32 Å². The van der Waals surface area contributed by atoms with Crippen LogP contribution in [0.4, 0.5) is 14.9 Å². The molecule has 0 saturated carbocycles. The van der Waals surface area contributed by atoms with E-state index in [-0.39, 0.29) is 11.7 Å². The van der Waals surface area contributed by atoms with Crippen molar-refractivity contribution in [2.24, 2.45) is 5.92 Å². The molecule has 0 bridgehead atoms. The Morgan fingerprint density at radius 2 is 2.25 bits per heavy atom. The number of carbonyl (C=O) groups excluding carboxylic acids is 1. The summed E-state index contributed by atoms with van der Waals surface area (Å²) in [6.45, 7) is 4.25. The highest BCUT2D eigenvalue weighted by molar-refractivity contribution is 9.10. The monoisotopic (exact) mass is 289 g/mol. The number of amides is 1. The van der Waals surface area contributed by atoms with Gasteiger partial charge in [0.1, 0.15) is 5.82 Å². The second-order valence-corrected chi connectivity index (χ2v) is 4.60. The van der Waals surface area contributed by atoms with Gasteiger partial charge in [0.25, 0.3) is 0 Å². The molecule has 0 radical (unpaired) electrons. The lowest BCUT2D eigenvalue weighted by Crippen LogP contribution is -2.16. The van der Waals surface area contributed by atoms with Crippen molar-refractivity contribution >= 4 is 27.7 Å². The Kier molecular flexibility index (Phi) is 4.73. The maximum atomic E-state index is 12.9.